The van der Waals surface area contributed by atoms with Crippen LogP contribution in [-0.4, -0.2) is 56.1 Å². The van der Waals surface area contributed by atoms with Gasteiger partial charge in [0.1, 0.15) is 0 Å². The summed E-state index contributed by atoms with van der Waals surface area (Å²) in [4.78, 5) is 16.6. The third-order valence-corrected chi connectivity index (χ3v) is 7.93. The number of anilines is 2. The average Bonchev–Trinajstić information content (AvgIpc) is 3.51. The summed E-state index contributed by atoms with van der Waals surface area (Å²) in [5, 5.41) is 8.83. The number of nitrogens with one attached hydrogen (secondary N) is 1. The van der Waals surface area contributed by atoms with Crippen LogP contribution in [0.2, 0.25) is 5.02 Å². The third kappa shape index (κ3) is 7.12. The van der Waals surface area contributed by atoms with E-state index in [4.69, 9.17) is 21.5 Å². The molecule has 13 heteroatoms. The van der Waals surface area contributed by atoms with E-state index >= 15 is 0 Å². The lowest BCUT2D eigenvalue weighted by Crippen LogP contribution is -2.34. The zero-order valence-electron chi connectivity index (χ0n) is 19.2. The molecule has 1 atom stereocenters. The van der Waals surface area contributed by atoms with E-state index < -0.39 is 16.4 Å². The number of hydrogen-bond donors (Lipinski definition) is 2. The lowest BCUT2D eigenvalue weighted by atomic mass is 10.1. The van der Waals surface area contributed by atoms with Crippen LogP contribution in [0.1, 0.15) is 24.0 Å². The molecule has 0 saturated carbocycles. The fraction of sp³-hybridized carbons (Fsp3) is 0.304. The van der Waals surface area contributed by atoms with E-state index in [0.29, 0.717) is 11.6 Å². The summed E-state index contributed by atoms with van der Waals surface area (Å²) in [5.74, 6) is 0.266. The molecule has 0 amide bonds. The SMILES string of the molecule is CN(c1ccc(S(=O)(=O)Nc2cscn2)cc1Cl)C1CCN(Cc2cccc(C(F)F)c2)C1.O=CO. The van der Waals surface area contributed by atoms with Gasteiger partial charge in [0.15, 0.2) is 5.82 Å². The van der Waals surface area contributed by atoms with Crippen molar-refractivity contribution in [3.05, 3.63) is 69.5 Å². The highest BCUT2D eigenvalue weighted by molar-refractivity contribution is 7.92. The zero-order chi connectivity index (χ0) is 26.3. The maximum absolute atomic E-state index is 13.0. The number of sulfonamides is 1. The van der Waals surface area contributed by atoms with Crippen molar-refractivity contribution in [3.8, 4) is 0 Å². The van der Waals surface area contributed by atoms with Gasteiger partial charge in [-0.3, -0.25) is 14.4 Å². The fourth-order valence-corrected chi connectivity index (χ4v) is 5.92. The second-order valence-electron chi connectivity index (χ2n) is 8.03. The first-order valence-electron chi connectivity index (χ1n) is 10.7. The van der Waals surface area contributed by atoms with Crippen LogP contribution in [0.15, 0.2) is 58.3 Å². The smallest absolute Gasteiger partial charge is 0.290 e. The molecule has 2 aromatic carbocycles. The minimum atomic E-state index is -3.79. The summed E-state index contributed by atoms with van der Waals surface area (Å²) in [5.41, 5.74) is 3.17. The first kappa shape index (κ1) is 27.8. The highest BCUT2D eigenvalue weighted by Gasteiger charge is 2.28. The van der Waals surface area contributed by atoms with Gasteiger partial charge in [0.2, 0.25) is 0 Å². The highest BCUT2D eigenvalue weighted by Crippen LogP contribution is 2.32. The molecule has 0 aliphatic carbocycles. The monoisotopic (exact) mass is 558 g/mol. The van der Waals surface area contributed by atoms with Gasteiger partial charge in [-0.1, -0.05) is 29.8 Å². The van der Waals surface area contributed by atoms with Crippen LogP contribution in [0.5, 0.6) is 0 Å². The minimum Gasteiger partial charge on any atom is -0.483 e. The van der Waals surface area contributed by atoms with Crippen molar-refractivity contribution in [1.82, 2.24) is 9.88 Å². The van der Waals surface area contributed by atoms with Gasteiger partial charge in [-0.05, 0) is 36.2 Å². The molecule has 194 valence electrons. The standard InChI is InChI=1S/C22H23ClF2N4O2S2.CH2O2/c1-28(17-7-8-29(12-17)11-15-3-2-4-16(9-15)22(24)25)20-6-5-18(10-19(20)23)33(30,31)27-21-13-32-14-26-21;2-1-3/h2-6,9-10,13-14,17,22,27H,7-8,11-12H2,1H3;1H,(H,2,3). The number of benzene rings is 2. The molecule has 4 rings (SSSR count). The Labute approximate surface area is 217 Å². The summed E-state index contributed by atoms with van der Waals surface area (Å²) in [6, 6.07) is 11.3. The minimum absolute atomic E-state index is 0.0338. The zero-order valence-corrected chi connectivity index (χ0v) is 21.6. The van der Waals surface area contributed by atoms with E-state index in [2.05, 4.69) is 14.6 Å². The Kier molecular flexibility index (Phi) is 9.60. The van der Waals surface area contributed by atoms with E-state index in [9.17, 15) is 17.2 Å². The molecule has 1 aromatic heterocycles. The lowest BCUT2D eigenvalue weighted by Gasteiger charge is -2.28. The maximum atomic E-state index is 13.0. The molecule has 3 aromatic rings. The first-order chi connectivity index (χ1) is 17.1. The Hall–Kier alpha value is -2.80. The van der Waals surface area contributed by atoms with Gasteiger partial charge in [-0.2, -0.15) is 0 Å². The average molecular weight is 559 g/mol. The Bertz CT molecular complexity index is 1260. The van der Waals surface area contributed by atoms with E-state index in [1.807, 2.05) is 18.0 Å². The topological polar surface area (TPSA) is 103 Å². The second-order valence-corrected chi connectivity index (χ2v) is 10.8. The summed E-state index contributed by atoms with van der Waals surface area (Å²) < 4.78 is 53.6. The lowest BCUT2D eigenvalue weighted by molar-refractivity contribution is -0.122. The number of alkyl halides is 2. The predicted molar refractivity (Wildman–Crippen MR) is 137 cm³/mol. The number of carboxylic acid groups (broad SMARTS) is 1. The van der Waals surface area contributed by atoms with Crippen molar-refractivity contribution in [1.29, 1.82) is 0 Å². The number of thiazole rings is 1. The van der Waals surface area contributed by atoms with Crippen LogP contribution < -0.4 is 9.62 Å². The van der Waals surface area contributed by atoms with Crippen LogP contribution in [0, 0.1) is 0 Å². The van der Waals surface area contributed by atoms with Crippen molar-refractivity contribution < 1.29 is 27.1 Å². The number of halogens is 3. The van der Waals surface area contributed by atoms with E-state index in [1.165, 1.54) is 29.5 Å². The second kappa shape index (κ2) is 12.4. The number of likely N-dealkylation sites (N-methyl/N-ethyl adjacent to an activating group) is 1. The maximum Gasteiger partial charge on any atom is 0.290 e. The molecule has 0 spiro atoms. The molecule has 1 aliphatic heterocycles. The molecule has 0 radical (unpaired) electrons. The molecule has 1 aliphatic rings. The van der Waals surface area contributed by atoms with Gasteiger partial charge in [0.25, 0.3) is 22.9 Å². The number of aromatic nitrogens is 1. The number of likely N-dealkylation sites (tertiary alicyclic amines) is 1. The molecule has 2 N–H and O–H groups in total. The van der Waals surface area contributed by atoms with Crippen molar-refractivity contribution in [2.24, 2.45) is 0 Å². The predicted octanol–water partition coefficient (Wildman–Crippen LogP) is 4.95. The Morgan fingerprint density at radius 3 is 2.72 bits per heavy atom. The van der Waals surface area contributed by atoms with Gasteiger partial charge in [-0.25, -0.2) is 22.2 Å². The van der Waals surface area contributed by atoms with E-state index in [0.717, 1.165) is 30.8 Å². The van der Waals surface area contributed by atoms with Crippen molar-refractivity contribution in [2.45, 2.75) is 30.3 Å². The molecule has 1 unspecified atom stereocenters. The number of nitrogens with zero attached hydrogens (tertiary/aromatic N) is 3. The van der Waals surface area contributed by atoms with E-state index in [-0.39, 0.29) is 28.8 Å². The molecule has 8 nitrogen and oxygen atoms in total. The van der Waals surface area contributed by atoms with Crippen molar-refractivity contribution >= 4 is 50.9 Å². The first-order valence-corrected chi connectivity index (χ1v) is 13.6. The van der Waals surface area contributed by atoms with Crippen molar-refractivity contribution in [2.75, 3.05) is 29.8 Å². The normalized spacial score (nSPS) is 15.9. The molecular weight excluding hydrogens is 534 g/mol. The molecule has 2 heterocycles. The Morgan fingerprint density at radius 2 is 2.08 bits per heavy atom. The number of rotatable bonds is 8. The number of hydrogen-bond acceptors (Lipinski definition) is 7. The van der Waals surface area contributed by atoms with Gasteiger partial charge >= 0.3 is 0 Å². The van der Waals surface area contributed by atoms with Crippen LogP contribution >= 0.6 is 22.9 Å². The van der Waals surface area contributed by atoms with Crippen LogP contribution in [0.4, 0.5) is 20.3 Å². The highest BCUT2D eigenvalue weighted by atomic mass is 35.5. The molecule has 36 heavy (non-hydrogen) atoms. The summed E-state index contributed by atoms with van der Waals surface area (Å²) >= 11 is 7.77. The van der Waals surface area contributed by atoms with Crippen LogP contribution in [0.3, 0.4) is 0 Å². The summed E-state index contributed by atoms with van der Waals surface area (Å²) in [6.07, 6.45) is -1.60. The third-order valence-electron chi connectivity index (χ3n) is 5.69. The quantitative estimate of drug-likeness (QED) is 0.377. The Morgan fingerprint density at radius 1 is 1.33 bits per heavy atom. The summed E-state index contributed by atoms with van der Waals surface area (Å²) in [7, 11) is -1.87. The van der Waals surface area contributed by atoms with Crippen molar-refractivity contribution in [3.63, 3.8) is 0 Å². The van der Waals surface area contributed by atoms with Gasteiger partial charge in [0.05, 0.1) is 21.1 Å². The Balaban J connectivity index is 0.00000115. The molecule has 0 bridgehead atoms. The van der Waals surface area contributed by atoms with Crippen LogP contribution in [-0.2, 0) is 21.4 Å². The molecule has 1 fully saturated rings. The largest absolute Gasteiger partial charge is 0.483 e. The molecule has 1 saturated heterocycles. The summed E-state index contributed by atoms with van der Waals surface area (Å²) in [6.45, 7) is 1.92. The van der Waals surface area contributed by atoms with Crippen LogP contribution in [0.25, 0.3) is 0 Å². The number of carbonyl (C=O) groups is 1. The van der Waals surface area contributed by atoms with Gasteiger partial charge < -0.3 is 10.0 Å². The fourth-order valence-electron chi connectivity index (χ4n) is 3.95. The van der Waals surface area contributed by atoms with Gasteiger partial charge in [-0.15, -0.1) is 11.3 Å². The van der Waals surface area contributed by atoms with Gasteiger partial charge in [0, 0.05) is 43.7 Å². The molecular formula is C23H25ClF2N4O4S2. The van der Waals surface area contributed by atoms with E-state index in [1.54, 1.807) is 29.1 Å².